The summed E-state index contributed by atoms with van der Waals surface area (Å²) in [6.07, 6.45) is 1.71. The second-order valence-corrected chi connectivity index (χ2v) is 6.46. The van der Waals surface area contributed by atoms with Gasteiger partial charge < -0.3 is 14.3 Å². The van der Waals surface area contributed by atoms with Gasteiger partial charge in [0.15, 0.2) is 0 Å². The van der Waals surface area contributed by atoms with Crippen LogP contribution in [0.1, 0.15) is 12.6 Å². The van der Waals surface area contributed by atoms with Crippen molar-refractivity contribution in [1.29, 1.82) is 0 Å². The van der Waals surface area contributed by atoms with E-state index >= 15 is 0 Å². The van der Waals surface area contributed by atoms with Crippen LogP contribution >= 0.6 is 11.6 Å². The summed E-state index contributed by atoms with van der Waals surface area (Å²) in [6.45, 7) is 4.54. The van der Waals surface area contributed by atoms with E-state index in [2.05, 4.69) is 20.5 Å². The van der Waals surface area contributed by atoms with E-state index in [1.54, 1.807) is 36.5 Å². The molecule has 0 aliphatic heterocycles. The third-order valence-electron chi connectivity index (χ3n) is 4.15. The van der Waals surface area contributed by atoms with Gasteiger partial charge in [0.1, 0.15) is 11.2 Å². The number of aromatic nitrogens is 4. The Hall–Kier alpha value is -3.19. The zero-order chi connectivity index (χ0) is 19.0. The molecule has 1 N–H and O–H groups in total. The van der Waals surface area contributed by atoms with Crippen LogP contribution in [-0.4, -0.2) is 19.7 Å². The van der Waals surface area contributed by atoms with Crippen molar-refractivity contribution < 1.29 is 4.42 Å². The molecule has 0 saturated heterocycles. The van der Waals surface area contributed by atoms with Gasteiger partial charge in [-0.15, -0.1) is 5.10 Å². The highest BCUT2D eigenvalue weighted by Gasteiger charge is 2.17. The molecule has 4 aromatic rings. The smallest absolute Gasteiger partial charge is 0.320 e. The number of benzene rings is 1. The van der Waals surface area contributed by atoms with Crippen LogP contribution in [0.3, 0.4) is 0 Å². The van der Waals surface area contributed by atoms with Crippen LogP contribution in [0.2, 0.25) is 5.02 Å². The molecule has 3 heterocycles. The van der Waals surface area contributed by atoms with E-state index in [1.807, 2.05) is 24.5 Å². The summed E-state index contributed by atoms with van der Waals surface area (Å²) in [4.78, 5) is 17.4. The second kappa shape index (κ2) is 6.85. The number of pyridine rings is 2. The van der Waals surface area contributed by atoms with Crippen molar-refractivity contribution in [3.05, 3.63) is 63.5 Å². The molecule has 0 aliphatic rings. The molecule has 0 radical (unpaired) electrons. The molecular weight excluding hydrogens is 366 g/mol. The van der Waals surface area contributed by atoms with Gasteiger partial charge in [-0.3, -0.25) is 4.79 Å². The summed E-state index contributed by atoms with van der Waals surface area (Å²) in [5, 5.41) is 12.1. The van der Waals surface area contributed by atoms with Crippen molar-refractivity contribution in [1.82, 2.24) is 19.7 Å². The molecule has 136 valence electrons. The van der Waals surface area contributed by atoms with Gasteiger partial charge in [-0.1, -0.05) is 16.7 Å². The lowest BCUT2D eigenvalue weighted by Gasteiger charge is -2.09. The predicted molar refractivity (Wildman–Crippen MR) is 104 cm³/mol. The van der Waals surface area contributed by atoms with Crippen LogP contribution in [0, 0.1) is 6.92 Å². The minimum Gasteiger partial charge on any atom is -0.403 e. The lowest BCUT2D eigenvalue weighted by molar-refractivity contribution is 0.586. The van der Waals surface area contributed by atoms with E-state index in [0.29, 0.717) is 28.2 Å². The Balaban J connectivity index is 1.75. The zero-order valence-electron chi connectivity index (χ0n) is 14.7. The van der Waals surface area contributed by atoms with Crippen LogP contribution in [0.25, 0.3) is 22.5 Å². The molecule has 0 fully saturated rings. The molecule has 8 heteroatoms. The van der Waals surface area contributed by atoms with Crippen LogP contribution in [0.5, 0.6) is 0 Å². The Morgan fingerprint density at radius 3 is 2.67 bits per heavy atom. The van der Waals surface area contributed by atoms with Crippen LogP contribution in [-0.2, 0) is 6.54 Å². The number of hydrogen-bond donors (Lipinski definition) is 1. The van der Waals surface area contributed by atoms with E-state index in [4.69, 9.17) is 16.0 Å². The van der Waals surface area contributed by atoms with E-state index in [-0.39, 0.29) is 17.3 Å². The fraction of sp³-hybridized carbons (Fsp3) is 0.158. The van der Waals surface area contributed by atoms with Crippen molar-refractivity contribution in [2.45, 2.75) is 20.4 Å². The molecule has 0 bridgehead atoms. The monoisotopic (exact) mass is 381 g/mol. The van der Waals surface area contributed by atoms with E-state index in [1.165, 1.54) is 0 Å². The van der Waals surface area contributed by atoms with Gasteiger partial charge in [-0.2, -0.15) is 0 Å². The highest BCUT2D eigenvalue weighted by atomic mass is 35.5. The summed E-state index contributed by atoms with van der Waals surface area (Å²) in [7, 11) is 0. The van der Waals surface area contributed by atoms with Crippen molar-refractivity contribution in [3.63, 3.8) is 0 Å². The van der Waals surface area contributed by atoms with Gasteiger partial charge in [0.05, 0.1) is 5.39 Å². The van der Waals surface area contributed by atoms with Crippen LogP contribution in [0.4, 0.5) is 11.7 Å². The standard InChI is InChI=1S/C19H16ClN5O2/c1-3-25-10-15(16(26)14-9-4-11(2)21-17(14)25)18-23-24-19(27-18)22-13-7-5-12(20)6-8-13/h4-10H,3H2,1-2H3,(H,22,24). The summed E-state index contributed by atoms with van der Waals surface area (Å²) in [5.74, 6) is 0.154. The number of rotatable bonds is 4. The maximum atomic E-state index is 12.9. The number of nitrogens with zero attached hydrogens (tertiary/aromatic N) is 4. The van der Waals surface area contributed by atoms with Gasteiger partial charge in [-0.05, 0) is 50.2 Å². The first-order chi connectivity index (χ1) is 13.0. The Labute approximate surface area is 159 Å². The molecule has 0 saturated carbocycles. The predicted octanol–water partition coefficient (Wildman–Crippen LogP) is 4.17. The van der Waals surface area contributed by atoms with Crippen molar-refractivity contribution >= 4 is 34.3 Å². The normalized spacial score (nSPS) is 11.1. The number of aryl methyl sites for hydroxylation is 2. The summed E-state index contributed by atoms with van der Waals surface area (Å²) in [5.41, 5.74) is 2.39. The first-order valence-electron chi connectivity index (χ1n) is 8.42. The molecule has 27 heavy (non-hydrogen) atoms. The minimum atomic E-state index is -0.191. The molecule has 0 unspecified atom stereocenters. The van der Waals surface area contributed by atoms with Crippen molar-refractivity contribution in [3.8, 4) is 11.5 Å². The topological polar surface area (TPSA) is 85.8 Å². The summed E-state index contributed by atoms with van der Waals surface area (Å²) in [6, 6.07) is 10.9. The Bertz CT molecular complexity index is 1180. The summed E-state index contributed by atoms with van der Waals surface area (Å²) < 4.78 is 7.56. The first kappa shape index (κ1) is 17.2. The van der Waals surface area contributed by atoms with Gasteiger partial charge in [0.2, 0.25) is 5.43 Å². The zero-order valence-corrected chi connectivity index (χ0v) is 15.5. The van der Waals surface area contributed by atoms with E-state index in [9.17, 15) is 4.79 Å². The van der Waals surface area contributed by atoms with Gasteiger partial charge in [-0.25, -0.2) is 4.98 Å². The third kappa shape index (κ3) is 3.29. The maximum absolute atomic E-state index is 12.9. The molecular formula is C19H16ClN5O2. The number of hydrogen-bond acceptors (Lipinski definition) is 6. The average Bonchev–Trinajstić information content (AvgIpc) is 3.12. The molecule has 0 atom stereocenters. The minimum absolute atomic E-state index is 0.154. The fourth-order valence-electron chi connectivity index (χ4n) is 2.79. The Kier molecular flexibility index (Phi) is 4.37. The molecule has 3 aromatic heterocycles. The highest BCUT2D eigenvalue weighted by molar-refractivity contribution is 6.30. The highest BCUT2D eigenvalue weighted by Crippen LogP contribution is 2.23. The van der Waals surface area contributed by atoms with Gasteiger partial charge in [0, 0.05) is 29.1 Å². The first-order valence-corrected chi connectivity index (χ1v) is 8.80. The lowest BCUT2D eigenvalue weighted by atomic mass is 10.2. The fourth-order valence-corrected chi connectivity index (χ4v) is 2.92. The number of nitrogens with one attached hydrogen (secondary N) is 1. The van der Waals surface area contributed by atoms with Crippen molar-refractivity contribution in [2.75, 3.05) is 5.32 Å². The Morgan fingerprint density at radius 1 is 1.15 bits per heavy atom. The molecule has 0 amide bonds. The SMILES string of the molecule is CCn1cc(-c2nnc(Nc3ccc(Cl)cc3)o2)c(=O)c2ccc(C)nc21. The lowest BCUT2D eigenvalue weighted by Crippen LogP contribution is -2.13. The summed E-state index contributed by atoms with van der Waals surface area (Å²) >= 11 is 5.88. The second-order valence-electron chi connectivity index (χ2n) is 6.03. The number of halogens is 1. The number of anilines is 2. The molecule has 4 rings (SSSR count). The average molecular weight is 382 g/mol. The molecule has 1 aromatic carbocycles. The van der Waals surface area contributed by atoms with Gasteiger partial charge >= 0.3 is 6.01 Å². The molecule has 0 spiro atoms. The van der Waals surface area contributed by atoms with Crippen LogP contribution < -0.4 is 10.7 Å². The maximum Gasteiger partial charge on any atom is 0.320 e. The van der Waals surface area contributed by atoms with Gasteiger partial charge in [0.25, 0.3) is 5.89 Å². The molecule has 7 nitrogen and oxygen atoms in total. The van der Waals surface area contributed by atoms with Crippen LogP contribution in [0.15, 0.2) is 51.8 Å². The quantitative estimate of drug-likeness (QED) is 0.571. The van der Waals surface area contributed by atoms with E-state index < -0.39 is 0 Å². The largest absolute Gasteiger partial charge is 0.403 e. The number of fused-ring (bicyclic) bond motifs is 1. The molecule has 0 aliphatic carbocycles. The Morgan fingerprint density at radius 2 is 1.93 bits per heavy atom. The van der Waals surface area contributed by atoms with Crippen molar-refractivity contribution in [2.24, 2.45) is 0 Å². The third-order valence-corrected chi connectivity index (χ3v) is 4.40. The van der Waals surface area contributed by atoms with E-state index in [0.717, 1.165) is 11.4 Å².